The van der Waals surface area contributed by atoms with Gasteiger partial charge >= 0.3 is 0 Å². The molecule has 25 heavy (non-hydrogen) atoms. The van der Waals surface area contributed by atoms with E-state index in [4.69, 9.17) is 5.73 Å². The van der Waals surface area contributed by atoms with Crippen molar-refractivity contribution in [1.29, 1.82) is 0 Å². The summed E-state index contributed by atoms with van der Waals surface area (Å²) in [5.74, 6) is 0.260. The highest BCUT2D eigenvalue weighted by Crippen LogP contribution is 2.28. The van der Waals surface area contributed by atoms with E-state index in [0.29, 0.717) is 6.54 Å². The number of nitrogens with one attached hydrogen (secondary N) is 1. The standard InChI is InChI=1S/C20H25N3O2/c21-13-19(24)22-14-15-4-3-5-18(12-15)16-6-8-17(9-7-16)20(25)23-10-1-2-11-23/h3-9,18H,1-2,10-14,21H2,(H,22,24). The van der Waals surface area contributed by atoms with E-state index in [2.05, 4.69) is 11.4 Å². The summed E-state index contributed by atoms with van der Waals surface area (Å²) in [7, 11) is 0. The molecule has 3 N–H and O–H groups in total. The van der Waals surface area contributed by atoms with E-state index in [-0.39, 0.29) is 24.3 Å². The summed E-state index contributed by atoms with van der Waals surface area (Å²) in [6, 6.07) is 7.94. The van der Waals surface area contributed by atoms with Crippen LogP contribution in [0.1, 0.15) is 41.1 Å². The van der Waals surface area contributed by atoms with E-state index in [0.717, 1.165) is 37.9 Å². The Bertz CT molecular complexity index is 685. The molecule has 5 heteroatoms. The van der Waals surface area contributed by atoms with Crippen LogP contribution in [0.5, 0.6) is 0 Å². The van der Waals surface area contributed by atoms with Gasteiger partial charge in [0.2, 0.25) is 5.91 Å². The number of allylic oxidation sites excluding steroid dienone is 3. The van der Waals surface area contributed by atoms with E-state index >= 15 is 0 Å². The predicted octanol–water partition coefficient (Wildman–Crippen LogP) is 1.97. The van der Waals surface area contributed by atoms with Gasteiger partial charge in [-0.05, 0) is 37.0 Å². The highest BCUT2D eigenvalue weighted by molar-refractivity contribution is 5.94. The van der Waals surface area contributed by atoms with Crippen molar-refractivity contribution in [3.63, 3.8) is 0 Å². The topological polar surface area (TPSA) is 75.4 Å². The molecule has 1 fully saturated rings. The van der Waals surface area contributed by atoms with E-state index < -0.39 is 0 Å². The van der Waals surface area contributed by atoms with Crippen molar-refractivity contribution in [1.82, 2.24) is 10.2 Å². The molecule has 0 radical (unpaired) electrons. The van der Waals surface area contributed by atoms with Crippen LogP contribution in [0.4, 0.5) is 0 Å². The van der Waals surface area contributed by atoms with Crippen molar-refractivity contribution >= 4 is 11.8 Å². The average molecular weight is 339 g/mol. The minimum absolute atomic E-state index is 0.0130. The van der Waals surface area contributed by atoms with Gasteiger partial charge < -0.3 is 16.0 Å². The van der Waals surface area contributed by atoms with Gasteiger partial charge in [0.15, 0.2) is 0 Å². The van der Waals surface area contributed by atoms with Crippen molar-refractivity contribution < 1.29 is 9.59 Å². The van der Waals surface area contributed by atoms with Crippen molar-refractivity contribution in [2.45, 2.75) is 25.2 Å². The minimum Gasteiger partial charge on any atom is -0.351 e. The molecule has 0 aromatic heterocycles. The van der Waals surface area contributed by atoms with Gasteiger partial charge in [-0.25, -0.2) is 0 Å². The number of carbonyl (C=O) groups excluding carboxylic acids is 2. The molecular weight excluding hydrogens is 314 g/mol. The number of hydrogen-bond donors (Lipinski definition) is 2. The first-order valence-corrected chi connectivity index (χ1v) is 8.89. The van der Waals surface area contributed by atoms with Crippen LogP contribution in [0, 0.1) is 0 Å². The van der Waals surface area contributed by atoms with Crippen molar-refractivity contribution in [3.05, 3.63) is 59.2 Å². The molecule has 1 aliphatic carbocycles. The summed E-state index contributed by atoms with van der Waals surface area (Å²) in [4.78, 5) is 25.6. The molecule has 2 aliphatic rings. The average Bonchev–Trinajstić information content (AvgIpc) is 3.20. The summed E-state index contributed by atoms with van der Waals surface area (Å²) >= 11 is 0. The predicted molar refractivity (Wildman–Crippen MR) is 98.2 cm³/mol. The lowest BCUT2D eigenvalue weighted by Crippen LogP contribution is -2.32. The quantitative estimate of drug-likeness (QED) is 0.861. The number of amides is 2. The third-order valence-electron chi connectivity index (χ3n) is 4.83. The lowest BCUT2D eigenvalue weighted by atomic mass is 9.88. The zero-order chi connectivity index (χ0) is 17.6. The van der Waals surface area contributed by atoms with Crippen LogP contribution in [0.15, 0.2) is 48.1 Å². The van der Waals surface area contributed by atoms with Gasteiger partial charge in [-0.2, -0.15) is 0 Å². The smallest absolute Gasteiger partial charge is 0.253 e. The maximum Gasteiger partial charge on any atom is 0.253 e. The summed E-state index contributed by atoms with van der Waals surface area (Å²) in [5, 5.41) is 2.81. The Morgan fingerprint density at radius 1 is 1.16 bits per heavy atom. The molecule has 1 aromatic carbocycles. The number of hydrogen-bond acceptors (Lipinski definition) is 3. The first-order valence-electron chi connectivity index (χ1n) is 8.89. The second kappa shape index (κ2) is 8.12. The summed E-state index contributed by atoms with van der Waals surface area (Å²) in [6.45, 7) is 2.28. The van der Waals surface area contributed by atoms with Crippen LogP contribution in [0.3, 0.4) is 0 Å². The number of nitrogens with two attached hydrogens (primary N) is 1. The molecule has 1 atom stereocenters. The molecule has 0 bridgehead atoms. The molecule has 1 saturated heterocycles. The SMILES string of the molecule is NCC(=O)NCC1=CC=CC(c2ccc(C(=O)N3CCCC3)cc2)C1. The summed E-state index contributed by atoms with van der Waals surface area (Å²) in [6.07, 6.45) is 9.30. The second-order valence-corrected chi connectivity index (χ2v) is 6.62. The maximum absolute atomic E-state index is 12.4. The Balaban J connectivity index is 1.60. The maximum atomic E-state index is 12.4. The van der Waals surface area contributed by atoms with Crippen molar-refractivity contribution in [2.75, 3.05) is 26.2 Å². The van der Waals surface area contributed by atoms with Gasteiger partial charge in [0.1, 0.15) is 0 Å². The van der Waals surface area contributed by atoms with Crippen molar-refractivity contribution in [3.8, 4) is 0 Å². The number of nitrogens with zero attached hydrogens (tertiary/aromatic N) is 1. The summed E-state index contributed by atoms with van der Waals surface area (Å²) < 4.78 is 0. The van der Waals surface area contributed by atoms with Crippen molar-refractivity contribution in [2.24, 2.45) is 5.73 Å². The Morgan fingerprint density at radius 3 is 2.56 bits per heavy atom. The molecule has 0 saturated carbocycles. The fraction of sp³-hybridized carbons (Fsp3) is 0.400. The molecule has 1 aliphatic heterocycles. The molecular formula is C20H25N3O2. The van der Waals surface area contributed by atoms with E-state index in [9.17, 15) is 9.59 Å². The van der Waals surface area contributed by atoms with Gasteiger partial charge in [0.05, 0.1) is 6.54 Å². The highest BCUT2D eigenvalue weighted by atomic mass is 16.2. The number of carbonyl (C=O) groups is 2. The molecule has 1 unspecified atom stereocenters. The molecule has 132 valence electrons. The Hall–Kier alpha value is -2.40. The number of likely N-dealkylation sites (tertiary alicyclic amines) is 1. The first kappa shape index (κ1) is 17.4. The third-order valence-corrected chi connectivity index (χ3v) is 4.83. The third kappa shape index (κ3) is 4.37. The fourth-order valence-electron chi connectivity index (χ4n) is 3.36. The fourth-order valence-corrected chi connectivity index (χ4v) is 3.36. The van der Waals surface area contributed by atoms with Crippen LogP contribution in [0.2, 0.25) is 0 Å². The largest absolute Gasteiger partial charge is 0.351 e. The van der Waals surface area contributed by atoms with E-state index in [1.165, 1.54) is 11.1 Å². The van der Waals surface area contributed by atoms with E-state index in [1.54, 1.807) is 0 Å². The normalized spacial score (nSPS) is 19.6. The minimum atomic E-state index is -0.142. The second-order valence-electron chi connectivity index (χ2n) is 6.62. The van der Waals surface area contributed by atoms with Crippen LogP contribution in [0.25, 0.3) is 0 Å². The molecule has 1 aromatic rings. The van der Waals surface area contributed by atoms with Crippen LogP contribution < -0.4 is 11.1 Å². The zero-order valence-corrected chi connectivity index (χ0v) is 14.4. The monoisotopic (exact) mass is 339 g/mol. The molecule has 2 amide bonds. The molecule has 0 spiro atoms. The number of rotatable bonds is 5. The number of benzene rings is 1. The van der Waals surface area contributed by atoms with Gasteiger partial charge in [-0.1, -0.05) is 35.9 Å². The van der Waals surface area contributed by atoms with Crippen LogP contribution in [-0.2, 0) is 4.79 Å². The highest BCUT2D eigenvalue weighted by Gasteiger charge is 2.20. The first-order chi connectivity index (χ1) is 12.2. The lowest BCUT2D eigenvalue weighted by Gasteiger charge is -2.20. The Labute approximate surface area is 148 Å². The van der Waals surface area contributed by atoms with Gasteiger partial charge in [0, 0.05) is 31.1 Å². The molecule has 5 nitrogen and oxygen atoms in total. The van der Waals surface area contributed by atoms with Crippen LogP contribution >= 0.6 is 0 Å². The summed E-state index contributed by atoms with van der Waals surface area (Å²) in [5.41, 5.74) is 8.43. The van der Waals surface area contributed by atoms with Gasteiger partial charge in [0.25, 0.3) is 5.91 Å². The Kier molecular flexibility index (Phi) is 5.66. The van der Waals surface area contributed by atoms with E-state index in [1.807, 2.05) is 41.3 Å². The van der Waals surface area contributed by atoms with Gasteiger partial charge in [-0.3, -0.25) is 9.59 Å². The zero-order valence-electron chi connectivity index (χ0n) is 14.4. The van der Waals surface area contributed by atoms with Gasteiger partial charge in [-0.15, -0.1) is 0 Å². The van der Waals surface area contributed by atoms with Crippen LogP contribution in [-0.4, -0.2) is 42.9 Å². The Morgan fingerprint density at radius 2 is 1.88 bits per heavy atom. The molecule has 1 heterocycles. The lowest BCUT2D eigenvalue weighted by molar-refractivity contribution is -0.119. The molecule has 3 rings (SSSR count).